The summed E-state index contributed by atoms with van der Waals surface area (Å²) in [6.45, 7) is 4.98. The summed E-state index contributed by atoms with van der Waals surface area (Å²) in [5, 5.41) is 11.8. The van der Waals surface area contributed by atoms with Crippen molar-refractivity contribution >= 4 is 52.5 Å². The molecule has 2 heterocycles. The Labute approximate surface area is 225 Å². The number of carbonyl (C=O) groups excluding carboxylic acids is 3. The zero-order valence-electron chi connectivity index (χ0n) is 20.8. The summed E-state index contributed by atoms with van der Waals surface area (Å²) in [4.78, 5) is 46.1. The van der Waals surface area contributed by atoms with Crippen LogP contribution in [0.3, 0.4) is 0 Å². The van der Waals surface area contributed by atoms with Gasteiger partial charge < -0.3 is 26.2 Å². The zero-order valence-corrected chi connectivity index (χ0v) is 21.6. The van der Waals surface area contributed by atoms with Crippen LogP contribution < -0.4 is 21.3 Å². The number of hydrogen-bond acceptors (Lipinski definition) is 7. The molecule has 0 radical (unpaired) electrons. The number of halogens is 1. The van der Waals surface area contributed by atoms with Crippen LogP contribution in [-0.4, -0.2) is 59.3 Å². The predicted molar refractivity (Wildman–Crippen MR) is 147 cm³/mol. The van der Waals surface area contributed by atoms with Crippen molar-refractivity contribution in [2.45, 2.75) is 12.3 Å². The molecule has 2 aromatic carbocycles. The topological polar surface area (TPSA) is 128 Å². The molecule has 196 valence electrons. The van der Waals surface area contributed by atoms with Gasteiger partial charge >= 0.3 is 0 Å². The van der Waals surface area contributed by atoms with E-state index in [9.17, 15) is 14.4 Å². The largest absolute Gasteiger partial charge is 0.355 e. The monoisotopic (exact) mass is 533 g/mol. The molecule has 1 aliphatic rings. The normalized spacial score (nSPS) is 12.7. The smallest absolute Gasteiger partial charge is 0.253 e. The van der Waals surface area contributed by atoms with Gasteiger partial charge in [0.2, 0.25) is 17.8 Å². The molecule has 1 aliphatic heterocycles. The van der Waals surface area contributed by atoms with E-state index < -0.39 is 0 Å². The highest BCUT2D eigenvalue weighted by atomic mass is 35.5. The van der Waals surface area contributed by atoms with Gasteiger partial charge in [-0.1, -0.05) is 42.4 Å². The van der Waals surface area contributed by atoms with Crippen molar-refractivity contribution in [3.8, 4) is 0 Å². The average molecular weight is 534 g/mol. The second kappa shape index (κ2) is 12.2. The van der Waals surface area contributed by atoms with Gasteiger partial charge in [0.25, 0.3) is 5.91 Å². The third-order valence-corrected chi connectivity index (χ3v) is 6.37. The molecule has 4 rings (SSSR count). The maximum atomic E-state index is 12.3. The van der Waals surface area contributed by atoms with Gasteiger partial charge in [-0.05, 0) is 35.9 Å². The van der Waals surface area contributed by atoms with Crippen molar-refractivity contribution < 1.29 is 14.4 Å². The Kier molecular flexibility index (Phi) is 8.55. The number of benzene rings is 2. The van der Waals surface area contributed by atoms with Crippen molar-refractivity contribution in [1.29, 1.82) is 0 Å². The maximum Gasteiger partial charge on any atom is 0.253 e. The third-order valence-electron chi connectivity index (χ3n) is 6.09. The summed E-state index contributed by atoms with van der Waals surface area (Å²) < 4.78 is 0. The summed E-state index contributed by atoms with van der Waals surface area (Å²) in [6.07, 6.45) is 2.94. The Bertz CT molecular complexity index is 1340. The lowest BCUT2D eigenvalue weighted by Gasteiger charge is -2.39. The van der Waals surface area contributed by atoms with Crippen LogP contribution in [0.1, 0.15) is 28.3 Å². The van der Waals surface area contributed by atoms with Crippen LogP contribution in [0.25, 0.3) is 0 Å². The Morgan fingerprint density at radius 1 is 1.11 bits per heavy atom. The van der Waals surface area contributed by atoms with Crippen molar-refractivity contribution in [2.75, 3.05) is 37.3 Å². The number of para-hydroxylation sites is 1. The van der Waals surface area contributed by atoms with E-state index in [1.807, 2.05) is 30.3 Å². The highest BCUT2D eigenvalue weighted by Gasteiger charge is 2.31. The summed E-state index contributed by atoms with van der Waals surface area (Å²) in [5.41, 5.74) is 2.95. The fourth-order valence-corrected chi connectivity index (χ4v) is 4.09. The van der Waals surface area contributed by atoms with Crippen LogP contribution in [0, 0.1) is 0 Å². The molecule has 0 aliphatic carbocycles. The van der Waals surface area contributed by atoms with E-state index in [1.54, 1.807) is 30.1 Å². The summed E-state index contributed by atoms with van der Waals surface area (Å²) in [7, 11) is 1.57. The average Bonchev–Trinajstić information content (AvgIpc) is 2.90. The van der Waals surface area contributed by atoms with E-state index in [0.717, 1.165) is 11.3 Å². The van der Waals surface area contributed by atoms with E-state index in [-0.39, 0.29) is 30.1 Å². The summed E-state index contributed by atoms with van der Waals surface area (Å²) in [6, 6.07) is 14.9. The lowest BCUT2D eigenvalue weighted by molar-refractivity contribution is -0.135. The molecule has 3 amide bonds. The van der Waals surface area contributed by atoms with E-state index >= 15 is 0 Å². The van der Waals surface area contributed by atoms with Crippen LogP contribution in [0.5, 0.6) is 0 Å². The van der Waals surface area contributed by atoms with Gasteiger partial charge in [0.15, 0.2) is 5.82 Å². The van der Waals surface area contributed by atoms with Crippen molar-refractivity contribution in [1.82, 2.24) is 25.5 Å². The number of aromatic nitrogens is 2. The minimum absolute atomic E-state index is 0.0196. The molecule has 0 atom stereocenters. The highest BCUT2D eigenvalue weighted by Crippen LogP contribution is 2.30. The zero-order chi connectivity index (χ0) is 27.1. The number of anilines is 4. The van der Waals surface area contributed by atoms with Gasteiger partial charge in [0.1, 0.15) is 5.02 Å². The lowest BCUT2D eigenvalue weighted by Crippen LogP contribution is -2.49. The first-order valence-electron chi connectivity index (χ1n) is 12.0. The third kappa shape index (κ3) is 6.46. The minimum Gasteiger partial charge on any atom is -0.355 e. The molecular weight excluding hydrogens is 506 g/mol. The standard InChI is InChI=1S/C27H28ClN7O3/c1-3-23(36)30-13-12-24(37)35-15-18(16-35)17-8-10-19(11-9-17)32-27-31-14-21(28)25(34-27)33-22-7-5-4-6-20(22)26(38)29-2/h3-11,14,18H,1,12-13,15-16H2,2H3,(H,29,38)(H,30,36)(H2,31,32,33,34). The second-order valence-corrected chi connectivity index (χ2v) is 9.03. The fourth-order valence-electron chi connectivity index (χ4n) is 3.95. The second-order valence-electron chi connectivity index (χ2n) is 8.63. The molecule has 1 aromatic heterocycles. The highest BCUT2D eigenvalue weighted by molar-refractivity contribution is 6.33. The van der Waals surface area contributed by atoms with Crippen molar-refractivity contribution in [2.24, 2.45) is 0 Å². The van der Waals surface area contributed by atoms with E-state index in [2.05, 4.69) is 37.8 Å². The first kappa shape index (κ1) is 26.6. The van der Waals surface area contributed by atoms with Crippen LogP contribution in [0.4, 0.5) is 23.1 Å². The van der Waals surface area contributed by atoms with Crippen LogP contribution >= 0.6 is 11.6 Å². The molecule has 10 nitrogen and oxygen atoms in total. The number of hydrogen-bond donors (Lipinski definition) is 4. The van der Waals surface area contributed by atoms with Crippen LogP contribution in [0.2, 0.25) is 5.02 Å². The Morgan fingerprint density at radius 2 is 1.84 bits per heavy atom. The molecule has 38 heavy (non-hydrogen) atoms. The number of likely N-dealkylation sites (tertiary alicyclic amines) is 1. The number of nitrogens with zero attached hydrogens (tertiary/aromatic N) is 3. The van der Waals surface area contributed by atoms with Gasteiger partial charge in [0.05, 0.1) is 17.4 Å². The Balaban J connectivity index is 1.34. The minimum atomic E-state index is -0.282. The molecule has 0 spiro atoms. The fraction of sp³-hybridized carbons (Fsp3) is 0.222. The van der Waals surface area contributed by atoms with E-state index in [4.69, 9.17) is 11.6 Å². The summed E-state index contributed by atoms with van der Waals surface area (Å²) >= 11 is 6.31. The van der Waals surface area contributed by atoms with E-state index in [0.29, 0.717) is 47.7 Å². The molecule has 11 heteroatoms. The molecule has 0 saturated carbocycles. The number of nitrogens with one attached hydrogen (secondary N) is 4. The number of rotatable bonds is 10. The van der Waals surface area contributed by atoms with Crippen molar-refractivity contribution in [3.63, 3.8) is 0 Å². The molecule has 4 N–H and O–H groups in total. The Morgan fingerprint density at radius 3 is 2.55 bits per heavy atom. The quantitative estimate of drug-likeness (QED) is 0.293. The lowest BCUT2D eigenvalue weighted by atomic mass is 9.91. The Hall–Kier alpha value is -4.44. The van der Waals surface area contributed by atoms with Crippen LogP contribution in [0.15, 0.2) is 67.4 Å². The molecule has 3 aromatic rings. The van der Waals surface area contributed by atoms with Crippen LogP contribution in [-0.2, 0) is 9.59 Å². The van der Waals surface area contributed by atoms with Crippen molar-refractivity contribution in [3.05, 3.63) is 83.5 Å². The maximum absolute atomic E-state index is 12.3. The molecule has 0 bridgehead atoms. The van der Waals surface area contributed by atoms with Gasteiger partial charge in [-0.2, -0.15) is 4.98 Å². The van der Waals surface area contributed by atoms with E-state index in [1.165, 1.54) is 12.3 Å². The predicted octanol–water partition coefficient (Wildman–Crippen LogP) is 3.59. The number of carbonyl (C=O) groups is 3. The molecule has 1 saturated heterocycles. The van der Waals surface area contributed by atoms with Gasteiger partial charge in [-0.15, -0.1) is 0 Å². The van der Waals surface area contributed by atoms with Gasteiger partial charge in [-0.25, -0.2) is 4.98 Å². The first-order valence-corrected chi connectivity index (χ1v) is 12.4. The number of amides is 3. The summed E-state index contributed by atoms with van der Waals surface area (Å²) in [5.74, 6) is 0.472. The van der Waals surface area contributed by atoms with Gasteiger partial charge in [0, 0.05) is 44.7 Å². The van der Waals surface area contributed by atoms with Gasteiger partial charge in [-0.3, -0.25) is 14.4 Å². The molecule has 0 unspecified atom stereocenters. The molecule has 1 fully saturated rings. The molecular formula is C27H28ClN7O3. The first-order chi connectivity index (χ1) is 18.4. The SMILES string of the molecule is C=CC(=O)NCCC(=O)N1CC(c2ccc(Nc3ncc(Cl)c(Nc4ccccc4C(=O)NC)n3)cc2)C1.